The molecular weight excluding hydrogens is 367 g/mol. The number of nitrogens with zero attached hydrogens (tertiary/aromatic N) is 2. The van der Waals surface area contributed by atoms with Crippen molar-refractivity contribution in [1.29, 1.82) is 0 Å². The number of furan rings is 1. The summed E-state index contributed by atoms with van der Waals surface area (Å²) in [4.78, 5) is 12.4. The summed E-state index contributed by atoms with van der Waals surface area (Å²) >= 11 is 1.26. The first-order valence-corrected chi connectivity index (χ1v) is 8.51. The number of rotatable bonds is 4. The molecule has 0 unspecified atom stereocenters. The van der Waals surface area contributed by atoms with Crippen LogP contribution in [0.3, 0.4) is 0 Å². The van der Waals surface area contributed by atoms with Gasteiger partial charge in [-0.05, 0) is 31.5 Å². The third kappa shape index (κ3) is 3.77. The Hall–Kier alpha value is -2.68. The molecule has 0 bridgehead atoms. The van der Waals surface area contributed by atoms with Crippen LogP contribution in [0, 0.1) is 6.92 Å². The van der Waals surface area contributed by atoms with Crippen LogP contribution in [0.1, 0.15) is 33.6 Å². The molecule has 1 amide bonds. The van der Waals surface area contributed by atoms with Gasteiger partial charge >= 0.3 is 6.18 Å². The number of carbonyl (C=O) groups is 1. The maximum atomic E-state index is 12.9. The zero-order valence-electron chi connectivity index (χ0n) is 13.8. The first-order valence-electron chi connectivity index (χ1n) is 7.69. The Balaban J connectivity index is 1.86. The van der Waals surface area contributed by atoms with Crippen LogP contribution >= 0.6 is 11.3 Å². The number of alkyl halides is 3. The van der Waals surface area contributed by atoms with Crippen molar-refractivity contribution >= 4 is 22.4 Å². The fraction of sp³-hybridized carbons (Fsp3) is 0.235. The van der Waals surface area contributed by atoms with E-state index in [4.69, 9.17) is 4.42 Å². The Kier molecular flexibility index (Phi) is 4.82. The van der Waals surface area contributed by atoms with E-state index in [1.807, 2.05) is 6.92 Å². The smallest absolute Gasteiger partial charge is 0.416 e. The van der Waals surface area contributed by atoms with Gasteiger partial charge in [0.1, 0.15) is 16.5 Å². The molecule has 2 aromatic heterocycles. The average Bonchev–Trinajstić information content (AvgIpc) is 3.20. The third-order valence-electron chi connectivity index (χ3n) is 3.63. The standard InChI is InChI=1S/C17H14F3N3O2S/c1-3-14-22-23-16(26-14)21-15(24)12-8-13(25-9(12)2)10-5-4-6-11(7-10)17(18,19)20/h4-8H,3H2,1-2H3,(H,21,23,24). The lowest BCUT2D eigenvalue weighted by molar-refractivity contribution is -0.137. The lowest BCUT2D eigenvalue weighted by atomic mass is 10.1. The maximum absolute atomic E-state index is 12.9. The Morgan fingerprint density at radius 3 is 2.69 bits per heavy atom. The van der Waals surface area contributed by atoms with Crippen molar-refractivity contribution in [2.75, 3.05) is 5.32 Å². The summed E-state index contributed by atoms with van der Waals surface area (Å²) in [6, 6.07) is 6.17. The molecule has 0 fully saturated rings. The normalized spacial score (nSPS) is 11.6. The van der Waals surface area contributed by atoms with Gasteiger partial charge in [0, 0.05) is 5.56 Å². The Morgan fingerprint density at radius 1 is 1.27 bits per heavy atom. The first-order chi connectivity index (χ1) is 12.3. The van der Waals surface area contributed by atoms with Crippen LogP contribution in [0.5, 0.6) is 0 Å². The number of aryl methyl sites for hydroxylation is 2. The van der Waals surface area contributed by atoms with Crippen molar-refractivity contribution in [3.8, 4) is 11.3 Å². The molecule has 0 radical (unpaired) electrons. The third-order valence-corrected chi connectivity index (χ3v) is 4.61. The van der Waals surface area contributed by atoms with Crippen LogP contribution in [-0.2, 0) is 12.6 Å². The highest BCUT2D eigenvalue weighted by molar-refractivity contribution is 7.15. The molecule has 0 saturated carbocycles. The van der Waals surface area contributed by atoms with E-state index in [-0.39, 0.29) is 16.9 Å². The summed E-state index contributed by atoms with van der Waals surface area (Å²) in [6.45, 7) is 3.50. The van der Waals surface area contributed by atoms with Gasteiger partial charge in [0.25, 0.3) is 5.91 Å². The van der Waals surface area contributed by atoms with E-state index in [0.717, 1.165) is 17.1 Å². The molecule has 136 valence electrons. The number of nitrogens with one attached hydrogen (secondary N) is 1. The Morgan fingerprint density at radius 2 is 2.04 bits per heavy atom. The van der Waals surface area contributed by atoms with E-state index in [0.29, 0.717) is 17.3 Å². The molecule has 3 aromatic rings. The zero-order valence-corrected chi connectivity index (χ0v) is 14.7. The first kappa shape index (κ1) is 18.1. The Labute approximate surface area is 150 Å². The summed E-state index contributed by atoms with van der Waals surface area (Å²) in [5.41, 5.74) is -0.312. The number of hydrogen-bond donors (Lipinski definition) is 1. The number of anilines is 1. The SMILES string of the molecule is CCc1nnc(NC(=O)c2cc(-c3cccc(C(F)(F)F)c3)oc2C)s1. The minimum atomic E-state index is -4.45. The van der Waals surface area contributed by atoms with Crippen LogP contribution in [0.2, 0.25) is 0 Å². The number of carbonyl (C=O) groups excluding carboxylic acids is 1. The van der Waals surface area contributed by atoms with E-state index in [1.165, 1.54) is 29.5 Å². The van der Waals surface area contributed by atoms with Crippen LogP contribution < -0.4 is 5.32 Å². The molecule has 5 nitrogen and oxygen atoms in total. The fourth-order valence-electron chi connectivity index (χ4n) is 2.31. The van der Waals surface area contributed by atoms with Crippen molar-refractivity contribution in [2.45, 2.75) is 26.4 Å². The second-order valence-electron chi connectivity index (χ2n) is 5.47. The molecule has 1 N–H and O–H groups in total. The van der Waals surface area contributed by atoms with Crippen molar-refractivity contribution in [2.24, 2.45) is 0 Å². The molecule has 2 heterocycles. The molecule has 26 heavy (non-hydrogen) atoms. The highest BCUT2D eigenvalue weighted by Gasteiger charge is 2.30. The summed E-state index contributed by atoms with van der Waals surface area (Å²) < 4.78 is 44.1. The maximum Gasteiger partial charge on any atom is 0.416 e. The van der Waals surface area contributed by atoms with Gasteiger partial charge in [-0.15, -0.1) is 10.2 Å². The van der Waals surface area contributed by atoms with E-state index >= 15 is 0 Å². The molecule has 0 aliphatic carbocycles. The number of amides is 1. The largest absolute Gasteiger partial charge is 0.461 e. The quantitative estimate of drug-likeness (QED) is 0.695. The Bertz CT molecular complexity index is 947. The van der Waals surface area contributed by atoms with Gasteiger partial charge in [0.05, 0.1) is 11.1 Å². The summed E-state index contributed by atoms with van der Waals surface area (Å²) in [7, 11) is 0. The predicted octanol–water partition coefficient (Wildman–Crippen LogP) is 4.94. The molecule has 0 aliphatic rings. The highest BCUT2D eigenvalue weighted by Crippen LogP contribution is 2.33. The van der Waals surface area contributed by atoms with Gasteiger partial charge < -0.3 is 4.42 Å². The number of halogens is 3. The molecule has 0 spiro atoms. The monoisotopic (exact) mass is 381 g/mol. The van der Waals surface area contributed by atoms with Gasteiger partial charge in [-0.25, -0.2) is 0 Å². The second kappa shape index (κ2) is 6.91. The van der Waals surface area contributed by atoms with Crippen LogP contribution in [0.15, 0.2) is 34.7 Å². The van der Waals surface area contributed by atoms with E-state index in [1.54, 1.807) is 6.92 Å². The van der Waals surface area contributed by atoms with Gasteiger partial charge in [0.2, 0.25) is 5.13 Å². The van der Waals surface area contributed by atoms with E-state index in [2.05, 4.69) is 15.5 Å². The lowest BCUT2D eigenvalue weighted by Crippen LogP contribution is -2.11. The molecule has 9 heteroatoms. The molecule has 0 atom stereocenters. The van der Waals surface area contributed by atoms with Crippen molar-refractivity contribution in [1.82, 2.24) is 10.2 Å². The van der Waals surface area contributed by atoms with Gasteiger partial charge in [-0.3, -0.25) is 10.1 Å². The van der Waals surface area contributed by atoms with Crippen LogP contribution in [-0.4, -0.2) is 16.1 Å². The minimum absolute atomic E-state index is 0.185. The number of benzene rings is 1. The van der Waals surface area contributed by atoms with Crippen LogP contribution in [0.4, 0.5) is 18.3 Å². The average molecular weight is 381 g/mol. The topological polar surface area (TPSA) is 68.0 Å². The van der Waals surface area contributed by atoms with Crippen LogP contribution in [0.25, 0.3) is 11.3 Å². The highest BCUT2D eigenvalue weighted by atomic mass is 32.1. The van der Waals surface area contributed by atoms with Gasteiger partial charge in [-0.2, -0.15) is 13.2 Å². The van der Waals surface area contributed by atoms with Crippen molar-refractivity contribution < 1.29 is 22.4 Å². The summed E-state index contributed by atoms with van der Waals surface area (Å²) in [5.74, 6) is 0.0312. The number of hydrogen-bond acceptors (Lipinski definition) is 5. The summed E-state index contributed by atoms with van der Waals surface area (Å²) in [6.07, 6.45) is -3.75. The number of aromatic nitrogens is 2. The van der Waals surface area contributed by atoms with Crippen molar-refractivity contribution in [3.63, 3.8) is 0 Å². The fourth-order valence-corrected chi connectivity index (χ4v) is 2.98. The van der Waals surface area contributed by atoms with Gasteiger partial charge in [0.15, 0.2) is 0 Å². The molecule has 0 aliphatic heterocycles. The zero-order chi connectivity index (χ0) is 18.9. The molecule has 0 saturated heterocycles. The van der Waals surface area contributed by atoms with Gasteiger partial charge in [-0.1, -0.05) is 30.4 Å². The molecule has 3 rings (SSSR count). The molecular formula is C17H14F3N3O2S. The second-order valence-corrected chi connectivity index (χ2v) is 6.53. The van der Waals surface area contributed by atoms with E-state index < -0.39 is 17.6 Å². The predicted molar refractivity (Wildman–Crippen MR) is 91.1 cm³/mol. The van der Waals surface area contributed by atoms with Crippen molar-refractivity contribution in [3.05, 3.63) is 52.2 Å². The minimum Gasteiger partial charge on any atom is -0.461 e. The lowest BCUT2D eigenvalue weighted by Gasteiger charge is -2.07. The molecule has 1 aromatic carbocycles. The van der Waals surface area contributed by atoms with E-state index in [9.17, 15) is 18.0 Å². The summed E-state index contributed by atoms with van der Waals surface area (Å²) in [5, 5.41) is 11.5.